The summed E-state index contributed by atoms with van der Waals surface area (Å²) in [4.78, 5) is 14.0. The highest BCUT2D eigenvalue weighted by molar-refractivity contribution is 6.72. The molecule has 1 aromatic heterocycles. The average molecular weight is 580 g/mol. The molecule has 3 heterocycles. The van der Waals surface area contributed by atoms with Crippen LogP contribution in [0.2, 0.25) is 18.6 Å². The molecule has 1 amide bonds. The molecule has 0 saturated carbocycles. The molecule has 3 aromatic rings. The van der Waals surface area contributed by atoms with E-state index < -0.39 is 8.41 Å². The zero-order valence-electron chi connectivity index (χ0n) is 24.2. The molecule has 0 spiro atoms. The average Bonchev–Trinajstić information content (AvgIpc) is 3.56. The SMILES string of the molecule is C[C@@H]1[C@@H]([Si](C)(C)F)[C@H](CCn2cc(C(CO)c3ccccc3)nn2)O[C@@H]1CCc1ccc(N2CCNCC2=O)cc1. The Morgan fingerprint density at radius 3 is 2.56 bits per heavy atom. The molecule has 8 nitrogen and oxygen atoms in total. The summed E-state index contributed by atoms with van der Waals surface area (Å²) in [5.74, 6) is -0.000193. The van der Waals surface area contributed by atoms with Crippen molar-refractivity contribution in [3.63, 3.8) is 0 Å². The fourth-order valence-corrected chi connectivity index (χ4v) is 9.17. The Balaban J connectivity index is 1.19. The van der Waals surface area contributed by atoms with Crippen molar-refractivity contribution in [2.24, 2.45) is 5.92 Å². The smallest absolute Gasteiger partial charge is 0.246 e. The highest BCUT2D eigenvalue weighted by Gasteiger charge is 2.50. The van der Waals surface area contributed by atoms with Gasteiger partial charge in [0, 0.05) is 37.1 Å². The van der Waals surface area contributed by atoms with Gasteiger partial charge in [0.2, 0.25) is 14.3 Å². The van der Waals surface area contributed by atoms with Crippen LogP contribution in [0.25, 0.3) is 0 Å². The third-order valence-electron chi connectivity index (χ3n) is 8.69. The van der Waals surface area contributed by atoms with E-state index in [0.717, 1.165) is 36.3 Å². The number of aromatic nitrogens is 3. The minimum Gasteiger partial charge on any atom is -0.395 e. The summed E-state index contributed by atoms with van der Waals surface area (Å²) in [6.45, 7) is 8.13. The Kier molecular flexibility index (Phi) is 9.33. The standard InChI is InChI=1S/C31H42FN5O3Si/c1-22-28(14-11-23-9-12-25(13-10-23)37-18-16-33-19-30(37)39)40-29(31(22)41(2,3)32)15-17-36-20-27(34-35-36)26(21-38)24-7-5-4-6-8-24/h4-10,12-13,20,22,26,28-29,31,33,38H,11,14-19,21H2,1-3H3/t22-,26?,28+,29-,31+/m0/s1. The van der Waals surface area contributed by atoms with Gasteiger partial charge in [-0.1, -0.05) is 54.6 Å². The first-order chi connectivity index (χ1) is 19.7. The number of anilines is 1. The summed E-state index contributed by atoms with van der Waals surface area (Å²) in [5, 5.41) is 21.7. The number of aryl methyl sites for hydroxylation is 2. The number of hydrogen-bond donors (Lipinski definition) is 2. The maximum atomic E-state index is 15.6. The van der Waals surface area contributed by atoms with E-state index in [-0.39, 0.29) is 42.1 Å². The summed E-state index contributed by atoms with van der Waals surface area (Å²) >= 11 is 0. The van der Waals surface area contributed by atoms with Crippen molar-refractivity contribution in [3.05, 3.63) is 77.6 Å². The van der Waals surface area contributed by atoms with Gasteiger partial charge in [0.1, 0.15) is 0 Å². The van der Waals surface area contributed by atoms with Gasteiger partial charge in [-0.05, 0) is 61.5 Å². The lowest BCUT2D eigenvalue weighted by Gasteiger charge is -2.28. The topological polar surface area (TPSA) is 92.5 Å². The van der Waals surface area contributed by atoms with Crippen LogP contribution >= 0.6 is 0 Å². The molecule has 10 heteroatoms. The van der Waals surface area contributed by atoms with Crippen LogP contribution in [0.15, 0.2) is 60.8 Å². The van der Waals surface area contributed by atoms with E-state index in [0.29, 0.717) is 26.1 Å². The fourth-order valence-electron chi connectivity index (χ4n) is 6.58. The summed E-state index contributed by atoms with van der Waals surface area (Å²) in [6, 6.07) is 18.0. The van der Waals surface area contributed by atoms with Gasteiger partial charge < -0.3 is 24.2 Å². The number of piperazine rings is 1. The van der Waals surface area contributed by atoms with Gasteiger partial charge >= 0.3 is 0 Å². The largest absolute Gasteiger partial charge is 0.395 e. The van der Waals surface area contributed by atoms with E-state index in [1.165, 1.54) is 5.56 Å². The van der Waals surface area contributed by atoms with E-state index in [9.17, 15) is 9.90 Å². The molecule has 2 saturated heterocycles. The summed E-state index contributed by atoms with van der Waals surface area (Å²) < 4.78 is 24.0. The molecule has 5 rings (SSSR count). The molecule has 2 aromatic carbocycles. The maximum Gasteiger partial charge on any atom is 0.246 e. The molecule has 2 fully saturated rings. The van der Waals surface area contributed by atoms with Crippen molar-refractivity contribution in [3.8, 4) is 0 Å². The van der Waals surface area contributed by atoms with Crippen LogP contribution in [0.3, 0.4) is 0 Å². The van der Waals surface area contributed by atoms with Crippen molar-refractivity contribution < 1.29 is 18.7 Å². The van der Waals surface area contributed by atoms with Crippen LogP contribution in [0, 0.1) is 5.92 Å². The number of halogens is 1. The van der Waals surface area contributed by atoms with Gasteiger partial charge in [-0.15, -0.1) is 5.10 Å². The van der Waals surface area contributed by atoms with Crippen LogP contribution in [-0.2, 0) is 22.5 Å². The summed E-state index contributed by atoms with van der Waals surface area (Å²) in [7, 11) is -2.98. The second kappa shape index (κ2) is 12.9. The number of amides is 1. The minimum atomic E-state index is -2.98. The zero-order chi connectivity index (χ0) is 29.0. The third-order valence-corrected chi connectivity index (χ3v) is 11.2. The van der Waals surface area contributed by atoms with Crippen molar-refractivity contribution in [2.75, 3.05) is 31.1 Å². The number of carbonyl (C=O) groups is 1. The van der Waals surface area contributed by atoms with Crippen LogP contribution in [-0.4, -0.2) is 72.9 Å². The highest BCUT2D eigenvalue weighted by Crippen LogP contribution is 2.47. The Bertz CT molecular complexity index is 1280. The lowest BCUT2D eigenvalue weighted by atomic mass is 9.95. The predicted molar refractivity (Wildman–Crippen MR) is 160 cm³/mol. The molecule has 5 atom stereocenters. The Morgan fingerprint density at radius 2 is 1.88 bits per heavy atom. The number of rotatable bonds is 11. The molecule has 41 heavy (non-hydrogen) atoms. The molecule has 0 bridgehead atoms. The predicted octanol–water partition coefficient (Wildman–Crippen LogP) is 4.31. The molecule has 0 aliphatic carbocycles. The van der Waals surface area contributed by atoms with E-state index in [4.69, 9.17) is 4.74 Å². The number of carbonyl (C=O) groups excluding carboxylic acids is 1. The fraction of sp³-hybridized carbons (Fsp3) is 0.516. The van der Waals surface area contributed by atoms with Crippen molar-refractivity contribution in [1.82, 2.24) is 20.3 Å². The van der Waals surface area contributed by atoms with Crippen LogP contribution in [0.4, 0.5) is 9.80 Å². The Morgan fingerprint density at radius 1 is 1.12 bits per heavy atom. The summed E-state index contributed by atoms with van der Waals surface area (Å²) in [5.41, 5.74) is 3.75. The second-order valence-corrected chi connectivity index (χ2v) is 15.7. The monoisotopic (exact) mass is 579 g/mol. The molecule has 0 radical (unpaired) electrons. The third kappa shape index (κ3) is 6.94. The Labute approximate surface area is 243 Å². The van der Waals surface area contributed by atoms with Gasteiger partial charge in [0.25, 0.3) is 0 Å². The molecule has 220 valence electrons. The van der Waals surface area contributed by atoms with Gasteiger partial charge in [-0.25, -0.2) is 0 Å². The number of nitrogens with zero attached hydrogens (tertiary/aromatic N) is 4. The van der Waals surface area contributed by atoms with Crippen molar-refractivity contribution in [1.29, 1.82) is 0 Å². The van der Waals surface area contributed by atoms with E-state index in [2.05, 4.69) is 34.7 Å². The molecule has 2 aliphatic rings. The lowest BCUT2D eigenvalue weighted by molar-refractivity contribution is -0.118. The first kappa shape index (κ1) is 29.6. The number of nitrogens with one attached hydrogen (secondary N) is 1. The summed E-state index contributed by atoms with van der Waals surface area (Å²) in [6.07, 6.45) is 4.04. The number of aliphatic hydroxyl groups excluding tert-OH is 1. The van der Waals surface area contributed by atoms with Gasteiger partial charge in [-0.3, -0.25) is 9.48 Å². The first-order valence-corrected chi connectivity index (χ1v) is 17.7. The minimum absolute atomic E-state index is 0.00916. The molecule has 1 unspecified atom stereocenters. The maximum absolute atomic E-state index is 15.6. The zero-order valence-corrected chi connectivity index (χ0v) is 25.2. The van der Waals surface area contributed by atoms with Gasteiger partial charge in [0.05, 0.1) is 37.0 Å². The van der Waals surface area contributed by atoms with Gasteiger partial charge in [-0.2, -0.15) is 0 Å². The molecule has 2 aliphatic heterocycles. The quantitative estimate of drug-likeness (QED) is 0.260. The number of hydrogen-bond acceptors (Lipinski definition) is 6. The van der Waals surface area contributed by atoms with Crippen molar-refractivity contribution in [2.45, 2.75) is 69.5 Å². The van der Waals surface area contributed by atoms with E-state index in [1.54, 1.807) is 17.8 Å². The normalized spacial score (nSPS) is 24.1. The highest BCUT2D eigenvalue weighted by atomic mass is 28.4. The van der Waals surface area contributed by atoms with Crippen LogP contribution in [0.1, 0.15) is 42.5 Å². The first-order valence-electron chi connectivity index (χ1n) is 14.7. The number of ether oxygens (including phenoxy) is 1. The second-order valence-electron chi connectivity index (χ2n) is 11.9. The lowest BCUT2D eigenvalue weighted by Crippen LogP contribution is -2.48. The van der Waals surface area contributed by atoms with Crippen LogP contribution < -0.4 is 10.2 Å². The molecular formula is C31H42FN5O3Si. The Hall–Kier alpha value is -2.92. The molecule has 2 N–H and O–H groups in total. The number of aliphatic hydroxyl groups is 1. The van der Waals surface area contributed by atoms with Crippen LogP contribution in [0.5, 0.6) is 0 Å². The van der Waals surface area contributed by atoms with Crippen molar-refractivity contribution >= 4 is 20.0 Å². The molecular weight excluding hydrogens is 537 g/mol. The van der Waals surface area contributed by atoms with Gasteiger partial charge in [0.15, 0.2) is 0 Å². The van der Waals surface area contributed by atoms with E-state index in [1.807, 2.05) is 53.6 Å². The van der Waals surface area contributed by atoms with E-state index >= 15 is 4.11 Å². The number of benzene rings is 2.